The topological polar surface area (TPSA) is 101 Å². The molecular weight excluding hydrogens is 516 g/mol. The highest BCUT2D eigenvalue weighted by Crippen LogP contribution is 2.34. The van der Waals surface area contributed by atoms with Crippen molar-refractivity contribution in [2.75, 3.05) is 0 Å². The van der Waals surface area contributed by atoms with E-state index in [1.807, 2.05) is 30.3 Å². The van der Waals surface area contributed by atoms with Gasteiger partial charge in [0.2, 0.25) is 0 Å². The van der Waals surface area contributed by atoms with Crippen molar-refractivity contribution in [1.29, 1.82) is 0 Å². The second-order valence-corrected chi connectivity index (χ2v) is 9.14. The summed E-state index contributed by atoms with van der Waals surface area (Å²) < 4.78 is 15.4. The molecule has 2 heterocycles. The Morgan fingerprint density at radius 3 is 2.57 bits per heavy atom. The maximum absolute atomic E-state index is 13.8. The molecular formula is C26H20Cl2FN7O. The molecule has 3 aromatic carbocycles. The molecule has 0 aliphatic carbocycles. The number of aromatic amines is 1. The molecule has 0 aliphatic heterocycles. The SMILES string of the molecule is CC(NC(=O)c1nn(-c2ccccc2Cl)c(-c2ccc(Cl)cc2)c1Cc1nn[nH]n1)c1cccc(F)c1. The first-order valence-corrected chi connectivity index (χ1v) is 12.1. The molecule has 1 atom stereocenters. The highest BCUT2D eigenvalue weighted by molar-refractivity contribution is 6.32. The van der Waals surface area contributed by atoms with Crippen LogP contribution in [0.3, 0.4) is 0 Å². The van der Waals surface area contributed by atoms with E-state index in [1.54, 1.807) is 41.9 Å². The summed E-state index contributed by atoms with van der Waals surface area (Å²) in [6, 6.07) is 20.0. The van der Waals surface area contributed by atoms with Crippen molar-refractivity contribution in [2.45, 2.75) is 19.4 Å². The Morgan fingerprint density at radius 2 is 1.86 bits per heavy atom. The first kappa shape index (κ1) is 24.6. The van der Waals surface area contributed by atoms with E-state index in [1.165, 1.54) is 12.1 Å². The fourth-order valence-corrected chi connectivity index (χ4v) is 4.38. The Balaban J connectivity index is 1.67. The van der Waals surface area contributed by atoms with Crippen molar-refractivity contribution >= 4 is 29.1 Å². The van der Waals surface area contributed by atoms with Gasteiger partial charge in [0.15, 0.2) is 11.5 Å². The second kappa shape index (κ2) is 10.5. The Hall–Kier alpha value is -4.08. The van der Waals surface area contributed by atoms with Crippen LogP contribution in [-0.2, 0) is 6.42 Å². The summed E-state index contributed by atoms with van der Waals surface area (Å²) in [6.07, 6.45) is 0.163. The van der Waals surface area contributed by atoms with Crippen LogP contribution in [0.4, 0.5) is 4.39 Å². The maximum atomic E-state index is 13.8. The van der Waals surface area contributed by atoms with Gasteiger partial charge >= 0.3 is 0 Å². The van der Waals surface area contributed by atoms with Crippen LogP contribution < -0.4 is 5.32 Å². The molecule has 11 heteroatoms. The molecule has 37 heavy (non-hydrogen) atoms. The molecule has 2 N–H and O–H groups in total. The monoisotopic (exact) mass is 535 g/mol. The summed E-state index contributed by atoms with van der Waals surface area (Å²) in [7, 11) is 0. The Labute approximate surface area is 221 Å². The summed E-state index contributed by atoms with van der Waals surface area (Å²) >= 11 is 12.7. The summed E-state index contributed by atoms with van der Waals surface area (Å²) in [5.74, 6) is -0.457. The van der Waals surface area contributed by atoms with Crippen LogP contribution in [0, 0.1) is 5.82 Å². The van der Waals surface area contributed by atoms with E-state index in [2.05, 4.69) is 25.9 Å². The normalized spacial score (nSPS) is 11.9. The van der Waals surface area contributed by atoms with Crippen molar-refractivity contribution in [3.8, 4) is 16.9 Å². The molecule has 186 valence electrons. The zero-order chi connectivity index (χ0) is 25.9. The van der Waals surface area contributed by atoms with Crippen molar-refractivity contribution in [3.05, 3.63) is 111 Å². The van der Waals surface area contributed by atoms with Crippen LogP contribution in [0.2, 0.25) is 10.0 Å². The average molecular weight is 536 g/mol. The van der Waals surface area contributed by atoms with E-state index in [0.717, 1.165) is 5.56 Å². The number of benzene rings is 3. The van der Waals surface area contributed by atoms with Crippen molar-refractivity contribution in [1.82, 2.24) is 35.7 Å². The number of aromatic nitrogens is 6. The van der Waals surface area contributed by atoms with E-state index < -0.39 is 11.9 Å². The number of rotatable bonds is 7. The van der Waals surface area contributed by atoms with Crippen molar-refractivity contribution < 1.29 is 9.18 Å². The lowest BCUT2D eigenvalue weighted by molar-refractivity contribution is 0.0933. The van der Waals surface area contributed by atoms with Crippen LogP contribution >= 0.6 is 23.2 Å². The first-order chi connectivity index (χ1) is 17.9. The smallest absolute Gasteiger partial charge is 0.272 e. The number of amides is 1. The van der Waals surface area contributed by atoms with Gasteiger partial charge < -0.3 is 5.32 Å². The number of carbonyl (C=O) groups is 1. The summed E-state index contributed by atoms with van der Waals surface area (Å²) in [4.78, 5) is 13.6. The van der Waals surface area contributed by atoms with E-state index >= 15 is 0 Å². The van der Waals surface area contributed by atoms with E-state index in [4.69, 9.17) is 28.3 Å². The first-order valence-electron chi connectivity index (χ1n) is 11.3. The largest absolute Gasteiger partial charge is 0.344 e. The Kier molecular flexibility index (Phi) is 6.98. The minimum absolute atomic E-state index is 0.151. The van der Waals surface area contributed by atoms with Gasteiger partial charge in [0.1, 0.15) is 5.82 Å². The van der Waals surface area contributed by atoms with E-state index in [9.17, 15) is 9.18 Å². The predicted molar refractivity (Wildman–Crippen MR) is 138 cm³/mol. The number of carbonyl (C=O) groups excluding carboxylic acids is 1. The predicted octanol–water partition coefficient (Wildman–Crippen LogP) is 5.58. The minimum atomic E-state index is -0.481. The zero-order valence-electron chi connectivity index (χ0n) is 19.5. The van der Waals surface area contributed by atoms with Crippen LogP contribution in [-0.4, -0.2) is 36.3 Å². The number of hydrogen-bond acceptors (Lipinski definition) is 5. The minimum Gasteiger partial charge on any atom is -0.344 e. The van der Waals surface area contributed by atoms with Crippen LogP contribution in [0.1, 0.15) is 40.4 Å². The molecule has 5 aromatic rings. The van der Waals surface area contributed by atoms with Crippen LogP contribution in [0.5, 0.6) is 0 Å². The highest BCUT2D eigenvalue weighted by Gasteiger charge is 2.27. The number of nitrogens with one attached hydrogen (secondary N) is 2. The van der Waals surface area contributed by atoms with Crippen LogP contribution in [0.25, 0.3) is 16.9 Å². The number of nitrogens with zero attached hydrogens (tertiary/aromatic N) is 5. The lowest BCUT2D eigenvalue weighted by Crippen LogP contribution is -2.28. The molecule has 0 spiro atoms. The molecule has 0 saturated carbocycles. The third-order valence-corrected chi connectivity index (χ3v) is 6.39. The third kappa shape index (κ3) is 5.23. The van der Waals surface area contributed by atoms with Gasteiger partial charge in [-0.3, -0.25) is 4.79 Å². The van der Waals surface area contributed by atoms with Gasteiger partial charge in [-0.1, -0.05) is 64.8 Å². The Bertz CT molecular complexity index is 1550. The zero-order valence-corrected chi connectivity index (χ0v) is 21.0. The highest BCUT2D eigenvalue weighted by atomic mass is 35.5. The average Bonchev–Trinajstić information content (AvgIpc) is 3.53. The number of H-pyrrole nitrogens is 1. The van der Waals surface area contributed by atoms with Gasteiger partial charge in [0, 0.05) is 22.6 Å². The summed E-state index contributed by atoms with van der Waals surface area (Å²) in [5.41, 5.74) is 3.30. The quantitative estimate of drug-likeness (QED) is 0.283. The Morgan fingerprint density at radius 1 is 1.08 bits per heavy atom. The molecule has 1 amide bonds. The molecule has 0 radical (unpaired) electrons. The van der Waals surface area contributed by atoms with Gasteiger partial charge in [0.25, 0.3) is 5.91 Å². The number of hydrogen-bond donors (Lipinski definition) is 2. The second-order valence-electron chi connectivity index (χ2n) is 8.30. The number of tetrazole rings is 1. The van der Waals surface area contributed by atoms with Crippen molar-refractivity contribution in [2.24, 2.45) is 0 Å². The molecule has 1 unspecified atom stereocenters. The van der Waals surface area contributed by atoms with Gasteiger partial charge in [-0.15, -0.1) is 10.2 Å². The lowest BCUT2D eigenvalue weighted by Gasteiger charge is -2.14. The molecule has 0 bridgehead atoms. The number of para-hydroxylation sites is 1. The van der Waals surface area contributed by atoms with E-state index in [-0.39, 0.29) is 17.9 Å². The summed E-state index contributed by atoms with van der Waals surface area (Å²) in [6.45, 7) is 1.77. The van der Waals surface area contributed by atoms with Crippen LogP contribution in [0.15, 0.2) is 72.8 Å². The van der Waals surface area contributed by atoms with E-state index in [0.29, 0.717) is 38.4 Å². The molecule has 0 fully saturated rings. The van der Waals surface area contributed by atoms with Gasteiger partial charge in [-0.2, -0.15) is 10.3 Å². The number of halogens is 3. The third-order valence-electron chi connectivity index (χ3n) is 5.82. The standard InChI is InChI=1S/C26H20Cl2FN7O/c1-15(17-5-4-6-19(29)13-17)30-26(37)24-20(14-23-31-34-35-32-23)25(16-9-11-18(27)12-10-16)36(33-24)22-8-3-2-7-21(22)28/h2-13,15H,14H2,1H3,(H,30,37)(H,31,32,34,35). The van der Waals surface area contributed by atoms with Crippen molar-refractivity contribution in [3.63, 3.8) is 0 Å². The van der Waals surface area contributed by atoms with Gasteiger partial charge in [-0.25, -0.2) is 9.07 Å². The molecule has 2 aromatic heterocycles. The fourth-order valence-electron chi connectivity index (χ4n) is 4.04. The molecule has 0 saturated heterocycles. The molecule has 5 rings (SSSR count). The molecule has 0 aliphatic rings. The maximum Gasteiger partial charge on any atom is 0.272 e. The van der Waals surface area contributed by atoms with Gasteiger partial charge in [0.05, 0.1) is 22.4 Å². The van der Waals surface area contributed by atoms with Gasteiger partial charge in [-0.05, 0) is 48.9 Å². The lowest BCUT2D eigenvalue weighted by atomic mass is 10.0. The fraction of sp³-hybridized carbons (Fsp3) is 0.115. The molecule has 8 nitrogen and oxygen atoms in total. The summed E-state index contributed by atoms with van der Waals surface area (Å²) in [5, 5.41) is 22.9.